The minimum atomic E-state index is -0.276. The van der Waals surface area contributed by atoms with Gasteiger partial charge in [0.1, 0.15) is 18.0 Å². The molecule has 2 amide bonds. The highest BCUT2D eigenvalue weighted by atomic mass is 16.5. The van der Waals surface area contributed by atoms with Crippen LogP contribution in [0.25, 0.3) is 11.1 Å². The molecule has 2 fully saturated rings. The lowest BCUT2D eigenvalue weighted by atomic mass is 9.73. The summed E-state index contributed by atoms with van der Waals surface area (Å²) >= 11 is 0. The number of carbonyl (C=O) groups is 2. The third-order valence-corrected chi connectivity index (χ3v) is 6.64. The van der Waals surface area contributed by atoms with Crippen molar-refractivity contribution in [3.63, 3.8) is 0 Å². The fraction of sp³-hybridized carbons (Fsp3) is 0.269. The van der Waals surface area contributed by atoms with Gasteiger partial charge in [0.15, 0.2) is 0 Å². The van der Waals surface area contributed by atoms with E-state index in [1.54, 1.807) is 41.3 Å². The van der Waals surface area contributed by atoms with Gasteiger partial charge in [-0.15, -0.1) is 0 Å². The third-order valence-electron chi connectivity index (χ3n) is 6.64. The molecule has 3 heterocycles. The van der Waals surface area contributed by atoms with E-state index in [1.807, 2.05) is 36.4 Å². The number of carbonyl (C=O) groups excluding carboxylic acids is 2. The maximum absolute atomic E-state index is 12.9. The van der Waals surface area contributed by atoms with Crippen molar-refractivity contribution < 1.29 is 19.4 Å². The number of aromatic nitrogens is 1. The Kier molecular flexibility index (Phi) is 5.56. The Morgan fingerprint density at radius 2 is 1.76 bits per heavy atom. The van der Waals surface area contributed by atoms with Gasteiger partial charge in [-0.05, 0) is 41.0 Å². The number of rotatable bonds is 5. The number of amides is 2. The molecule has 0 aliphatic carbocycles. The van der Waals surface area contributed by atoms with Crippen LogP contribution in [0, 0.1) is 0 Å². The number of hydrogen-bond donors (Lipinski definition) is 1. The summed E-state index contributed by atoms with van der Waals surface area (Å²) < 4.78 is 5.23. The average Bonchev–Trinajstić information content (AvgIpc) is 2.86. The zero-order valence-electron chi connectivity index (χ0n) is 18.3. The smallest absolute Gasteiger partial charge is 0.272 e. The van der Waals surface area contributed by atoms with Crippen LogP contribution in [-0.2, 0) is 4.79 Å². The molecule has 3 atom stereocenters. The number of fused-ring (bicyclic) bond motifs is 1. The van der Waals surface area contributed by atoms with Gasteiger partial charge in [0.2, 0.25) is 5.91 Å². The van der Waals surface area contributed by atoms with Gasteiger partial charge in [-0.1, -0.05) is 42.5 Å². The van der Waals surface area contributed by atoms with Crippen molar-refractivity contribution in [2.45, 2.75) is 18.0 Å². The summed E-state index contributed by atoms with van der Waals surface area (Å²) in [4.78, 5) is 33.2. The van der Waals surface area contributed by atoms with E-state index in [0.29, 0.717) is 12.2 Å². The Hall–Kier alpha value is -3.71. The first kappa shape index (κ1) is 21.2. The molecule has 2 saturated heterocycles. The number of aliphatic hydroxyl groups is 1. The highest BCUT2D eigenvalue weighted by Gasteiger charge is 2.54. The van der Waals surface area contributed by atoms with Gasteiger partial charge in [0.25, 0.3) is 5.91 Å². The SMILES string of the molecule is COc1ccc(-c2ccc([C@@H]3[C@@H](CO)N4C(=O)CN(C(=O)c5ccccn5)C[C@H]34)cc2)cc1. The van der Waals surface area contributed by atoms with Gasteiger partial charge in [-0.3, -0.25) is 14.6 Å². The van der Waals surface area contributed by atoms with Crippen molar-refractivity contribution in [1.29, 1.82) is 0 Å². The number of aliphatic hydroxyl groups excluding tert-OH is 1. The summed E-state index contributed by atoms with van der Waals surface area (Å²) in [6, 6.07) is 20.8. The van der Waals surface area contributed by atoms with E-state index in [9.17, 15) is 14.7 Å². The normalized spacial score (nSPS) is 21.9. The molecule has 33 heavy (non-hydrogen) atoms. The van der Waals surface area contributed by atoms with E-state index < -0.39 is 0 Å². The molecule has 1 N–H and O–H groups in total. The van der Waals surface area contributed by atoms with Crippen LogP contribution in [-0.4, -0.2) is 70.6 Å². The number of methoxy groups -OCH3 is 1. The van der Waals surface area contributed by atoms with E-state index in [0.717, 1.165) is 22.4 Å². The Balaban J connectivity index is 1.37. The van der Waals surface area contributed by atoms with Gasteiger partial charge < -0.3 is 19.6 Å². The first-order chi connectivity index (χ1) is 16.1. The minimum absolute atomic E-state index is 0.00549. The van der Waals surface area contributed by atoms with Gasteiger partial charge in [-0.25, -0.2) is 0 Å². The molecule has 0 bridgehead atoms. The van der Waals surface area contributed by atoms with E-state index in [-0.39, 0.29) is 43.0 Å². The summed E-state index contributed by atoms with van der Waals surface area (Å²) in [6.45, 7) is 0.315. The average molecular weight is 444 g/mol. The molecule has 1 aromatic heterocycles. The predicted octanol–water partition coefficient (Wildman–Crippen LogP) is 2.57. The molecular formula is C26H25N3O4. The standard InChI is InChI=1S/C26H25N3O4/c1-33-20-11-9-18(10-12-20)17-5-7-19(8-6-17)25-22-14-28(15-24(31)29(22)23(25)16-30)26(32)21-4-2-3-13-27-21/h2-13,22-23,25,30H,14-16H2,1H3/t22-,23-,25+/m1/s1. The van der Waals surface area contributed by atoms with Crippen LogP contribution < -0.4 is 4.74 Å². The van der Waals surface area contributed by atoms with Crippen LogP contribution in [0.2, 0.25) is 0 Å². The lowest BCUT2D eigenvalue weighted by Crippen LogP contribution is -2.73. The second-order valence-corrected chi connectivity index (χ2v) is 8.40. The van der Waals surface area contributed by atoms with Crippen LogP contribution in [0.15, 0.2) is 72.9 Å². The minimum Gasteiger partial charge on any atom is -0.497 e. The van der Waals surface area contributed by atoms with Crippen molar-refractivity contribution in [2.75, 3.05) is 26.8 Å². The van der Waals surface area contributed by atoms with Gasteiger partial charge in [0.05, 0.1) is 25.8 Å². The topological polar surface area (TPSA) is 83.0 Å². The molecule has 0 unspecified atom stereocenters. The van der Waals surface area contributed by atoms with Crippen molar-refractivity contribution in [2.24, 2.45) is 0 Å². The van der Waals surface area contributed by atoms with Crippen molar-refractivity contribution in [3.8, 4) is 16.9 Å². The fourth-order valence-electron chi connectivity index (χ4n) is 4.99. The van der Waals surface area contributed by atoms with Crippen molar-refractivity contribution in [3.05, 3.63) is 84.2 Å². The zero-order valence-corrected chi connectivity index (χ0v) is 18.3. The van der Waals surface area contributed by atoms with Gasteiger partial charge in [0, 0.05) is 18.7 Å². The van der Waals surface area contributed by atoms with E-state index in [2.05, 4.69) is 17.1 Å². The quantitative estimate of drug-likeness (QED) is 0.655. The number of nitrogens with zero attached hydrogens (tertiary/aromatic N) is 3. The Labute approximate surface area is 192 Å². The van der Waals surface area contributed by atoms with Gasteiger partial charge in [-0.2, -0.15) is 0 Å². The third kappa shape index (κ3) is 3.74. The van der Waals surface area contributed by atoms with Crippen molar-refractivity contribution in [1.82, 2.24) is 14.8 Å². The maximum Gasteiger partial charge on any atom is 0.272 e. The zero-order chi connectivity index (χ0) is 22.9. The highest BCUT2D eigenvalue weighted by molar-refractivity contribution is 5.96. The molecule has 5 rings (SSSR count). The number of hydrogen-bond acceptors (Lipinski definition) is 5. The van der Waals surface area contributed by atoms with Crippen LogP contribution in [0.3, 0.4) is 0 Å². The molecule has 0 radical (unpaired) electrons. The fourth-order valence-corrected chi connectivity index (χ4v) is 4.99. The Morgan fingerprint density at radius 3 is 2.36 bits per heavy atom. The lowest BCUT2D eigenvalue weighted by molar-refractivity contribution is -0.159. The summed E-state index contributed by atoms with van der Waals surface area (Å²) in [6.07, 6.45) is 1.57. The molecule has 0 saturated carbocycles. The number of pyridine rings is 1. The van der Waals surface area contributed by atoms with Crippen molar-refractivity contribution >= 4 is 11.8 Å². The van der Waals surface area contributed by atoms with E-state index >= 15 is 0 Å². The summed E-state index contributed by atoms with van der Waals surface area (Å²) in [5, 5.41) is 10.0. The molecule has 2 aliphatic heterocycles. The largest absolute Gasteiger partial charge is 0.497 e. The van der Waals surface area contributed by atoms with Crippen LogP contribution >= 0.6 is 0 Å². The molecule has 2 aromatic carbocycles. The summed E-state index contributed by atoms with van der Waals surface area (Å²) in [7, 11) is 1.64. The molecular weight excluding hydrogens is 418 g/mol. The molecule has 3 aromatic rings. The number of piperazine rings is 1. The first-order valence-electron chi connectivity index (χ1n) is 11.0. The molecule has 7 nitrogen and oxygen atoms in total. The lowest BCUT2D eigenvalue weighted by Gasteiger charge is -2.58. The van der Waals surface area contributed by atoms with Crippen LogP contribution in [0.4, 0.5) is 0 Å². The highest BCUT2D eigenvalue weighted by Crippen LogP contribution is 2.43. The number of benzene rings is 2. The second kappa shape index (κ2) is 8.67. The van der Waals surface area contributed by atoms with Crippen LogP contribution in [0.5, 0.6) is 5.75 Å². The Morgan fingerprint density at radius 1 is 1.06 bits per heavy atom. The monoisotopic (exact) mass is 443 g/mol. The van der Waals surface area contributed by atoms with E-state index in [1.165, 1.54) is 0 Å². The molecule has 0 spiro atoms. The molecule has 2 aliphatic rings. The first-order valence-corrected chi connectivity index (χ1v) is 11.0. The predicted molar refractivity (Wildman–Crippen MR) is 123 cm³/mol. The van der Waals surface area contributed by atoms with E-state index in [4.69, 9.17) is 4.74 Å². The summed E-state index contributed by atoms with van der Waals surface area (Å²) in [5.41, 5.74) is 3.53. The van der Waals surface area contributed by atoms with Gasteiger partial charge >= 0.3 is 0 Å². The maximum atomic E-state index is 12.9. The summed E-state index contributed by atoms with van der Waals surface area (Å²) in [5.74, 6) is 0.385. The number of ether oxygens (including phenoxy) is 1. The molecule has 7 heteroatoms. The molecule has 168 valence electrons. The second-order valence-electron chi connectivity index (χ2n) is 8.40. The van der Waals surface area contributed by atoms with Crippen LogP contribution in [0.1, 0.15) is 22.0 Å². The Bertz CT molecular complexity index is 1150.